The summed E-state index contributed by atoms with van der Waals surface area (Å²) in [4.78, 5) is 46.4. The van der Waals surface area contributed by atoms with Crippen molar-refractivity contribution in [3.8, 4) is 5.75 Å². The molecule has 0 saturated heterocycles. The Kier molecular flexibility index (Phi) is 7.27. The zero-order chi connectivity index (χ0) is 20.5. The molecule has 0 saturated carbocycles. The van der Waals surface area contributed by atoms with Gasteiger partial charge in [0.2, 0.25) is 0 Å². The lowest BCUT2D eigenvalue weighted by Crippen LogP contribution is -2.42. The molecule has 0 aliphatic heterocycles. The van der Waals surface area contributed by atoms with Gasteiger partial charge in [-0.1, -0.05) is 30.3 Å². The average Bonchev–Trinajstić information content (AvgIpc) is 2.66. The summed E-state index contributed by atoms with van der Waals surface area (Å²) in [5.41, 5.74) is 0.916. The molecule has 2 rings (SSSR count). The molecule has 1 amide bonds. The van der Waals surface area contributed by atoms with E-state index in [0.717, 1.165) is 5.56 Å². The predicted molar refractivity (Wildman–Crippen MR) is 97.5 cm³/mol. The van der Waals surface area contributed by atoms with E-state index in [0.29, 0.717) is 0 Å². The van der Waals surface area contributed by atoms with Gasteiger partial charge in [-0.3, -0.25) is 14.4 Å². The molecule has 0 bridgehead atoms. The zero-order valence-corrected chi connectivity index (χ0v) is 15.1. The highest BCUT2D eigenvalue weighted by atomic mass is 16.5. The number of hydrogen-bond donors (Lipinski definition) is 2. The van der Waals surface area contributed by atoms with Gasteiger partial charge < -0.3 is 19.9 Å². The maximum Gasteiger partial charge on any atom is 0.326 e. The number of esters is 2. The molecule has 2 N–H and O–H groups in total. The molecule has 28 heavy (non-hydrogen) atoms. The minimum Gasteiger partial charge on any atom is -0.480 e. The minimum atomic E-state index is -1.44. The van der Waals surface area contributed by atoms with Gasteiger partial charge in [-0.05, 0) is 29.8 Å². The summed E-state index contributed by atoms with van der Waals surface area (Å²) in [6.07, 6.45) is -0.514. The van der Waals surface area contributed by atoms with Crippen molar-refractivity contribution in [2.75, 3.05) is 0 Å². The van der Waals surface area contributed by atoms with Crippen LogP contribution in [0.25, 0.3) is 0 Å². The number of carboxylic acid groups (broad SMARTS) is 1. The van der Waals surface area contributed by atoms with Crippen molar-refractivity contribution in [3.63, 3.8) is 0 Å². The van der Waals surface area contributed by atoms with Gasteiger partial charge in [-0.25, -0.2) is 4.79 Å². The highest BCUT2D eigenvalue weighted by Gasteiger charge is 2.24. The summed E-state index contributed by atoms with van der Waals surface area (Å²) < 4.78 is 9.91. The second-order valence-electron chi connectivity index (χ2n) is 5.83. The lowest BCUT2D eigenvalue weighted by Gasteiger charge is -2.14. The number of carboxylic acids is 1. The van der Waals surface area contributed by atoms with Gasteiger partial charge in [0, 0.05) is 12.5 Å². The molecule has 0 aromatic heterocycles. The first-order chi connectivity index (χ1) is 13.3. The van der Waals surface area contributed by atoms with Crippen molar-refractivity contribution in [3.05, 3.63) is 65.7 Å². The topological polar surface area (TPSA) is 119 Å². The molecule has 8 nitrogen and oxygen atoms in total. The third-order valence-electron chi connectivity index (χ3n) is 3.59. The fourth-order valence-electron chi connectivity index (χ4n) is 2.25. The lowest BCUT2D eigenvalue weighted by molar-refractivity contribution is -0.150. The number of hydrogen-bond acceptors (Lipinski definition) is 6. The average molecular weight is 385 g/mol. The highest BCUT2D eigenvalue weighted by Crippen LogP contribution is 2.13. The highest BCUT2D eigenvalue weighted by molar-refractivity contribution is 5.97. The van der Waals surface area contributed by atoms with Crippen LogP contribution < -0.4 is 10.1 Å². The Bertz CT molecular complexity index is 847. The van der Waals surface area contributed by atoms with Crippen molar-refractivity contribution >= 4 is 23.8 Å². The third-order valence-corrected chi connectivity index (χ3v) is 3.59. The van der Waals surface area contributed by atoms with Crippen molar-refractivity contribution < 1.29 is 33.8 Å². The first-order valence-electron chi connectivity index (χ1n) is 8.37. The molecule has 2 aromatic rings. The van der Waals surface area contributed by atoms with Crippen LogP contribution in [-0.2, 0) is 25.7 Å². The van der Waals surface area contributed by atoms with Crippen LogP contribution in [0, 0.1) is 0 Å². The Morgan fingerprint density at radius 2 is 1.64 bits per heavy atom. The summed E-state index contributed by atoms with van der Waals surface area (Å²) in [6, 6.07) is 13.0. The standard InChI is InChI=1S/C20H19NO7/c1-13(22)28-16-9-7-15(8-10-16)19(24)21-17(20(25)26)11-18(23)27-12-14-5-3-2-4-6-14/h2-10,17H,11-12H2,1H3,(H,21,24)(H,25,26)/t17-/m1/s1. The molecule has 2 aromatic carbocycles. The monoisotopic (exact) mass is 385 g/mol. The molecule has 0 aliphatic carbocycles. The Balaban J connectivity index is 1.92. The van der Waals surface area contributed by atoms with Gasteiger partial charge in [0.15, 0.2) is 0 Å². The van der Waals surface area contributed by atoms with E-state index in [9.17, 15) is 24.3 Å². The molecule has 0 aliphatic rings. The molecule has 0 radical (unpaired) electrons. The number of carbonyl (C=O) groups is 4. The van der Waals surface area contributed by atoms with Crippen LogP contribution >= 0.6 is 0 Å². The molecule has 0 spiro atoms. The molecule has 0 heterocycles. The smallest absolute Gasteiger partial charge is 0.326 e. The molecule has 146 valence electrons. The number of rotatable bonds is 8. The number of nitrogens with one attached hydrogen (secondary N) is 1. The normalized spacial score (nSPS) is 11.2. The largest absolute Gasteiger partial charge is 0.480 e. The Hall–Kier alpha value is -3.68. The number of ether oxygens (including phenoxy) is 2. The van der Waals surface area contributed by atoms with Crippen molar-refractivity contribution in [2.24, 2.45) is 0 Å². The molecular weight excluding hydrogens is 366 g/mol. The summed E-state index contributed by atoms with van der Waals surface area (Å²) in [6.45, 7) is 1.26. The zero-order valence-electron chi connectivity index (χ0n) is 15.1. The SMILES string of the molecule is CC(=O)Oc1ccc(C(=O)N[C@H](CC(=O)OCc2ccccc2)C(=O)O)cc1. The molecule has 1 atom stereocenters. The van der Waals surface area contributed by atoms with Crippen LogP contribution in [0.15, 0.2) is 54.6 Å². The number of carbonyl (C=O) groups excluding carboxylic acids is 3. The molecule has 0 unspecified atom stereocenters. The van der Waals surface area contributed by atoms with E-state index in [4.69, 9.17) is 9.47 Å². The first-order valence-corrected chi connectivity index (χ1v) is 8.37. The van der Waals surface area contributed by atoms with E-state index in [1.165, 1.54) is 31.2 Å². The Morgan fingerprint density at radius 1 is 1.00 bits per heavy atom. The Morgan fingerprint density at radius 3 is 2.21 bits per heavy atom. The van der Waals surface area contributed by atoms with E-state index in [-0.39, 0.29) is 17.9 Å². The van der Waals surface area contributed by atoms with Gasteiger partial charge in [0.25, 0.3) is 5.91 Å². The van der Waals surface area contributed by atoms with Crippen LogP contribution in [-0.4, -0.2) is 35.0 Å². The Labute approximate surface area is 161 Å². The van der Waals surface area contributed by atoms with Crippen LogP contribution in [0.1, 0.15) is 29.3 Å². The maximum atomic E-state index is 12.2. The fraction of sp³-hybridized carbons (Fsp3) is 0.200. The van der Waals surface area contributed by atoms with Crippen molar-refractivity contribution in [2.45, 2.75) is 26.0 Å². The van der Waals surface area contributed by atoms with Crippen molar-refractivity contribution in [1.29, 1.82) is 0 Å². The van der Waals surface area contributed by atoms with Gasteiger partial charge in [0.1, 0.15) is 18.4 Å². The van der Waals surface area contributed by atoms with Crippen molar-refractivity contribution in [1.82, 2.24) is 5.32 Å². The third kappa shape index (κ3) is 6.56. The van der Waals surface area contributed by atoms with E-state index < -0.39 is 36.3 Å². The van der Waals surface area contributed by atoms with Gasteiger partial charge in [-0.15, -0.1) is 0 Å². The predicted octanol–water partition coefficient (Wildman–Crippen LogP) is 1.93. The number of amides is 1. The second-order valence-corrected chi connectivity index (χ2v) is 5.83. The fourth-order valence-corrected chi connectivity index (χ4v) is 2.25. The van der Waals surface area contributed by atoms with Gasteiger partial charge in [0.05, 0.1) is 6.42 Å². The second kappa shape index (κ2) is 9.86. The van der Waals surface area contributed by atoms with E-state index >= 15 is 0 Å². The first kappa shape index (κ1) is 20.6. The minimum absolute atomic E-state index is 0.0115. The van der Waals surface area contributed by atoms with Gasteiger partial charge in [-0.2, -0.15) is 0 Å². The molecule has 8 heteroatoms. The van der Waals surface area contributed by atoms with E-state index in [1.807, 2.05) is 6.07 Å². The number of benzene rings is 2. The summed E-state index contributed by atoms with van der Waals surface area (Å²) in [7, 11) is 0. The van der Waals surface area contributed by atoms with Crippen LogP contribution in [0.4, 0.5) is 0 Å². The maximum absolute atomic E-state index is 12.2. The quantitative estimate of drug-likeness (QED) is 0.526. The molecule has 0 fully saturated rings. The van der Waals surface area contributed by atoms with Crippen LogP contribution in [0.3, 0.4) is 0 Å². The van der Waals surface area contributed by atoms with Gasteiger partial charge >= 0.3 is 17.9 Å². The van der Waals surface area contributed by atoms with E-state index in [2.05, 4.69) is 5.32 Å². The summed E-state index contributed by atoms with van der Waals surface area (Å²) >= 11 is 0. The van der Waals surface area contributed by atoms with Crippen LogP contribution in [0.2, 0.25) is 0 Å². The number of aliphatic carboxylic acids is 1. The molecular formula is C20H19NO7. The van der Waals surface area contributed by atoms with Crippen LogP contribution in [0.5, 0.6) is 5.75 Å². The summed E-state index contributed by atoms with van der Waals surface area (Å²) in [5, 5.41) is 11.5. The lowest BCUT2D eigenvalue weighted by atomic mass is 10.1. The van der Waals surface area contributed by atoms with E-state index in [1.54, 1.807) is 24.3 Å². The summed E-state index contributed by atoms with van der Waals surface area (Å²) in [5.74, 6) is -3.04.